The molecule has 0 bridgehead atoms. The Morgan fingerprint density at radius 2 is 2.31 bits per heavy atom. The quantitative estimate of drug-likeness (QED) is 0.805. The lowest BCUT2D eigenvalue weighted by atomic mass is 10.1. The molecular weight excluding hydrogens is 204 g/mol. The third kappa shape index (κ3) is 2.41. The summed E-state index contributed by atoms with van der Waals surface area (Å²) < 4.78 is 1.67. The van der Waals surface area contributed by atoms with Gasteiger partial charge in [-0.05, 0) is 13.3 Å². The first-order valence-corrected chi connectivity index (χ1v) is 5.51. The van der Waals surface area contributed by atoms with Crippen LogP contribution in [0.1, 0.15) is 29.9 Å². The predicted molar refractivity (Wildman–Crippen MR) is 63.2 cm³/mol. The van der Waals surface area contributed by atoms with Gasteiger partial charge in [0.05, 0.1) is 11.3 Å². The number of aryl methyl sites for hydroxylation is 2. The topological polar surface area (TPSA) is 64.2 Å². The van der Waals surface area contributed by atoms with E-state index in [0.717, 1.165) is 12.1 Å². The Labute approximate surface area is 96.2 Å². The molecule has 1 aromatic rings. The second-order valence-electron chi connectivity index (χ2n) is 4.02. The van der Waals surface area contributed by atoms with E-state index in [1.807, 2.05) is 20.9 Å². The molecule has 0 saturated heterocycles. The van der Waals surface area contributed by atoms with E-state index in [2.05, 4.69) is 5.10 Å². The summed E-state index contributed by atoms with van der Waals surface area (Å²) in [6.07, 6.45) is 2.52. The van der Waals surface area contributed by atoms with E-state index in [1.165, 1.54) is 0 Å². The van der Waals surface area contributed by atoms with Crippen molar-refractivity contribution in [1.29, 1.82) is 0 Å². The molecule has 2 N–H and O–H groups in total. The number of hydrogen-bond acceptors (Lipinski definition) is 3. The summed E-state index contributed by atoms with van der Waals surface area (Å²) >= 11 is 0. The fraction of sp³-hybridized carbons (Fsp3) is 0.636. The standard InChI is InChI=1S/C11H20N4O/c1-5-10-9(7-14(3)13-10)11(16)15(4)8(2)6-12/h7-8H,5-6,12H2,1-4H3. The summed E-state index contributed by atoms with van der Waals surface area (Å²) in [6.45, 7) is 4.38. The number of amides is 1. The minimum atomic E-state index is -0.0112. The Bertz CT molecular complexity index is 372. The van der Waals surface area contributed by atoms with Gasteiger partial charge in [0.25, 0.3) is 5.91 Å². The molecule has 1 amide bonds. The summed E-state index contributed by atoms with van der Waals surface area (Å²) in [4.78, 5) is 13.8. The molecule has 1 unspecified atom stereocenters. The third-order valence-corrected chi connectivity index (χ3v) is 2.79. The molecule has 0 radical (unpaired) electrons. The second-order valence-corrected chi connectivity index (χ2v) is 4.02. The Hall–Kier alpha value is -1.36. The van der Waals surface area contributed by atoms with Crippen molar-refractivity contribution in [3.8, 4) is 0 Å². The summed E-state index contributed by atoms with van der Waals surface area (Å²) in [7, 11) is 3.59. The maximum Gasteiger partial charge on any atom is 0.257 e. The van der Waals surface area contributed by atoms with Gasteiger partial charge in [0.1, 0.15) is 0 Å². The number of nitrogens with zero attached hydrogens (tertiary/aromatic N) is 3. The van der Waals surface area contributed by atoms with E-state index in [-0.39, 0.29) is 11.9 Å². The third-order valence-electron chi connectivity index (χ3n) is 2.79. The fourth-order valence-electron chi connectivity index (χ4n) is 1.52. The van der Waals surface area contributed by atoms with Gasteiger partial charge >= 0.3 is 0 Å². The zero-order valence-electron chi connectivity index (χ0n) is 10.4. The molecule has 1 rings (SSSR count). The first kappa shape index (κ1) is 12.7. The highest BCUT2D eigenvalue weighted by atomic mass is 16.2. The summed E-state index contributed by atoms with van der Waals surface area (Å²) in [5, 5.41) is 4.26. The zero-order chi connectivity index (χ0) is 12.3. The van der Waals surface area contributed by atoms with Crippen LogP contribution in [0.3, 0.4) is 0 Å². The first-order valence-electron chi connectivity index (χ1n) is 5.51. The number of carbonyl (C=O) groups excluding carboxylic acids is 1. The highest BCUT2D eigenvalue weighted by Crippen LogP contribution is 2.11. The largest absolute Gasteiger partial charge is 0.338 e. The van der Waals surface area contributed by atoms with E-state index < -0.39 is 0 Å². The van der Waals surface area contributed by atoms with Crippen molar-refractivity contribution in [2.75, 3.05) is 13.6 Å². The van der Waals surface area contributed by atoms with E-state index >= 15 is 0 Å². The molecule has 0 aliphatic heterocycles. The smallest absolute Gasteiger partial charge is 0.257 e. The Morgan fingerprint density at radius 1 is 1.69 bits per heavy atom. The van der Waals surface area contributed by atoms with E-state index in [1.54, 1.807) is 22.8 Å². The predicted octanol–water partition coefficient (Wildman–Crippen LogP) is 0.402. The van der Waals surface area contributed by atoms with E-state index in [9.17, 15) is 4.79 Å². The van der Waals surface area contributed by atoms with Crippen molar-refractivity contribution in [2.24, 2.45) is 12.8 Å². The van der Waals surface area contributed by atoms with Gasteiger partial charge in [0.15, 0.2) is 0 Å². The maximum atomic E-state index is 12.2. The van der Waals surface area contributed by atoms with Crippen LogP contribution in [0.4, 0.5) is 0 Å². The van der Waals surface area contributed by atoms with Gasteiger partial charge in [-0.25, -0.2) is 0 Å². The lowest BCUT2D eigenvalue weighted by Gasteiger charge is -2.23. The molecule has 1 aromatic heterocycles. The Morgan fingerprint density at radius 3 is 2.81 bits per heavy atom. The maximum absolute atomic E-state index is 12.2. The first-order chi connectivity index (χ1) is 7.51. The van der Waals surface area contributed by atoms with Gasteiger partial charge in [-0.15, -0.1) is 0 Å². The van der Waals surface area contributed by atoms with E-state index in [4.69, 9.17) is 5.73 Å². The number of hydrogen-bond donors (Lipinski definition) is 1. The number of rotatable bonds is 4. The molecule has 0 aliphatic rings. The summed E-state index contributed by atoms with van der Waals surface area (Å²) in [6, 6.07) is 0.0393. The fourth-order valence-corrected chi connectivity index (χ4v) is 1.52. The van der Waals surface area contributed by atoms with Crippen LogP contribution in [0.5, 0.6) is 0 Å². The van der Waals surface area contributed by atoms with Gasteiger partial charge in [0, 0.05) is 32.9 Å². The van der Waals surface area contributed by atoms with Gasteiger partial charge < -0.3 is 10.6 Å². The highest BCUT2D eigenvalue weighted by molar-refractivity contribution is 5.95. The molecule has 16 heavy (non-hydrogen) atoms. The molecule has 5 heteroatoms. The molecule has 0 aromatic carbocycles. The van der Waals surface area contributed by atoms with Gasteiger partial charge in [0.2, 0.25) is 0 Å². The minimum Gasteiger partial charge on any atom is -0.338 e. The van der Waals surface area contributed by atoms with Crippen LogP contribution in [0, 0.1) is 0 Å². The van der Waals surface area contributed by atoms with Crippen LogP contribution in [0.2, 0.25) is 0 Å². The molecule has 0 saturated carbocycles. The zero-order valence-corrected chi connectivity index (χ0v) is 10.4. The normalized spacial score (nSPS) is 12.6. The lowest BCUT2D eigenvalue weighted by molar-refractivity contribution is 0.0747. The molecule has 1 atom stereocenters. The summed E-state index contributed by atoms with van der Waals surface area (Å²) in [5.41, 5.74) is 7.06. The molecular formula is C11H20N4O. The van der Waals surface area contributed by atoms with Gasteiger partial charge in [-0.2, -0.15) is 5.10 Å². The monoisotopic (exact) mass is 224 g/mol. The Kier molecular flexibility index (Phi) is 4.06. The SMILES string of the molecule is CCc1nn(C)cc1C(=O)N(C)C(C)CN. The average molecular weight is 224 g/mol. The van der Waals surface area contributed by atoms with Crippen molar-refractivity contribution in [3.05, 3.63) is 17.5 Å². The van der Waals surface area contributed by atoms with Crippen molar-refractivity contribution in [2.45, 2.75) is 26.3 Å². The van der Waals surface area contributed by atoms with Crippen LogP contribution in [-0.2, 0) is 13.5 Å². The Balaban J connectivity index is 2.95. The molecule has 0 aliphatic carbocycles. The van der Waals surface area contributed by atoms with Gasteiger partial charge in [-0.3, -0.25) is 9.48 Å². The van der Waals surface area contributed by atoms with Crippen LogP contribution >= 0.6 is 0 Å². The minimum absolute atomic E-state index is 0.0112. The van der Waals surface area contributed by atoms with Crippen LogP contribution in [-0.4, -0.2) is 40.2 Å². The molecule has 5 nitrogen and oxygen atoms in total. The summed E-state index contributed by atoms with van der Waals surface area (Å²) in [5.74, 6) is -0.0112. The highest BCUT2D eigenvalue weighted by Gasteiger charge is 2.20. The van der Waals surface area contributed by atoms with Crippen molar-refractivity contribution in [1.82, 2.24) is 14.7 Å². The number of aromatic nitrogens is 2. The number of likely N-dealkylation sites (N-methyl/N-ethyl adjacent to an activating group) is 1. The molecule has 1 heterocycles. The van der Waals surface area contributed by atoms with Gasteiger partial charge in [-0.1, -0.05) is 6.92 Å². The lowest BCUT2D eigenvalue weighted by Crippen LogP contribution is -2.39. The molecule has 90 valence electrons. The van der Waals surface area contributed by atoms with Crippen LogP contribution in [0.25, 0.3) is 0 Å². The van der Waals surface area contributed by atoms with Crippen molar-refractivity contribution < 1.29 is 4.79 Å². The number of nitrogens with two attached hydrogens (primary N) is 1. The second kappa shape index (κ2) is 5.12. The average Bonchev–Trinajstić information content (AvgIpc) is 2.67. The molecule has 0 spiro atoms. The van der Waals surface area contributed by atoms with Crippen molar-refractivity contribution in [3.63, 3.8) is 0 Å². The van der Waals surface area contributed by atoms with Crippen LogP contribution < -0.4 is 5.73 Å². The van der Waals surface area contributed by atoms with Crippen molar-refractivity contribution >= 4 is 5.91 Å². The van der Waals surface area contributed by atoms with Crippen LogP contribution in [0.15, 0.2) is 6.20 Å². The number of carbonyl (C=O) groups is 1. The van der Waals surface area contributed by atoms with E-state index in [0.29, 0.717) is 12.1 Å². The molecule has 0 fully saturated rings.